The monoisotopic (exact) mass is 401 g/mol. The number of thiol groups is 1. The SMILES string of the molecule is CCCc1nc2nnc(S)n2c(O)c1Cc1ccc(-c2ccccc2C#N)cc1. The van der Waals surface area contributed by atoms with Gasteiger partial charge in [0.2, 0.25) is 5.88 Å². The van der Waals surface area contributed by atoms with Crippen molar-refractivity contribution in [3.05, 3.63) is 70.9 Å². The first-order chi connectivity index (χ1) is 14.1. The van der Waals surface area contributed by atoms with E-state index in [0.717, 1.165) is 40.8 Å². The van der Waals surface area contributed by atoms with Gasteiger partial charge >= 0.3 is 0 Å². The van der Waals surface area contributed by atoms with Crippen LogP contribution in [0.2, 0.25) is 0 Å². The molecule has 4 rings (SSSR count). The van der Waals surface area contributed by atoms with Crippen LogP contribution in [0.5, 0.6) is 5.88 Å². The fraction of sp³-hybridized carbons (Fsp3) is 0.182. The Kier molecular flexibility index (Phi) is 5.19. The predicted molar refractivity (Wildman–Crippen MR) is 113 cm³/mol. The standard InChI is InChI=1S/C22H19N5OS/c1-2-5-19-18(20(28)27-21(24-19)25-26-22(27)29)12-14-8-10-15(11-9-14)17-7-4-3-6-16(17)13-23/h3-4,6-11,28H,2,5,12H2,1H3,(H,26,29). The van der Waals surface area contributed by atoms with Gasteiger partial charge in [0.05, 0.1) is 17.3 Å². The lowest BCUT2D eigenvalue weighted by Gasteiger charge is -2.12. The Labute approximate surface area is 173 Å². The highest BCUT2D eigenvalue weighted by atomic mass is 32.1. The molecule has 0 saturated carbocycles. The first-order valence-electron chi connectivity index (χ1n) is 9.35. The van der Waals surface area contributed by atoms with Crippen LogP contribution in [-0.4, -0.2) is 24.7 Å². The van der Waals surface area contributed by atoms with Crippen LogP contribution in [0.4, 0.5) is 0 Å². The summed E-state index contributed by atoms with van der Waals surface area (Å²) in [5.41, 5.74) is 5.13. The Morgan fingerprint density at radius 2 is 1.86 bits per heavy atom. The lowest BCUT2D eigenvalue weighted by atomic mass is 9.97. The lowest BCUT2D eigenvalue weighted by Crippen LogP contribution is -2.05. The van der Waals surface area contributed by atoms with Crippen molar-refractivity contribution in [1.82, 2.24) is 19.6 Å². The van der Waals surface area contributed by atoms with E-state index < -0.39 is 0 Å². The van der Waals surface area contributed by atoms with Crippen LogP contribution in [0.15, 0.2) is 53.7 Å². The number of aromatic nitrogens is 4. The molecule has 0 unspecified atom stereocenters. The molecule has 2 heterocycles. The van der Waals surface area contributed by atoms with Crippen LogP contribution in [0.1, 0.15) is 35.7 Å². The highest BCUT2D eigenvalue weighted by molar-refractivity contribution is 7.80. The van der Waals surface area contributed by atoms with Crippen molar-refractivity contribution in [2.24, 2.45) is 0 Å². The Balaban J connectivity index is 1.72. The number of hydrogen-bond donors (Lipinski definition) is 2. The number of aryl methyl sites for hydroxylation is 1. The van der Waals surface area contributed by atoms with Gasteiger partial charge in [0.25, 0.3) is 5.78 Å². The van der Waals surface area contributed by atoms with Crippen LogP contribution >= 0.6 is 12.6 Å². The Morgan fingerprint density at radius 1 is 1.10 bits per heavy atom. The summed E-state index contributed by atoms with van der Waals surface area (Å²) in [4.78, 5) is 4.57. The molecule has 0 aliphatic carbocycles. The maximum Gasteiger partial charge on any atom is 0.258 e. The molecule has 0 atom stereocenters. The number of nitriles is 1. The molecule has 144 valence electrons. The van der Waals surface area contributed by atoms with Crippen molar-refractivity contribution in [3.63, 3.8) is 0 Å². The molecular weight excluding hydrogens is 382 g/mol. The molecule has 0 radical (unpaired) electrons. The van der Waals surface area contributed by atoms with E-state index in [1.54, 1.807) is 0 Å². The minimum atomic E-state index is 0.0763. The van der Waals surface area contributed by atoms with Crippen molar-refractivity contribution in [2.45, 2.75) is 31.3 Å². The molecule has 7 heteroatoms. The van der Waals surface area contributed by atoms with Gasteiger partial charge < -0.3 is 5.11 Å². The van der Waals surface area contributed by atoms with Crippen LogP contribution in [0.25, 0.3) is 16.9 Å². The Bertz CT molecular complexity index is 1220. The molecule has 2 aromatic heterocycles. The van der Waals surface area contributed by atoms with E-state index in [4.69, 9.17) is 0 Å². The average molecular weight is 401 g/mol. The van der Waals surface area contributed by atoms with Gasteiger partial charge in [0.1, 0.15) is 0 Å². The number of aromatic hydroxyl groups is 1. The second kappa shape index (κ2) is 7.94. The van der Waals surface area contributed by atoms with Crippen molar-refractivity contribution < 1.29 is 5.11 Å². The molecule has 0 saturated heterocycles. The van der Waals surface area contributed by atoms with Gasteiger partial charge in [-0.25, -0.2) is 9.38 Å². The minimum absolute atomic E-state index is 0.0763. The van der Waals surface area contributed by atoms with Crippen molar-refractivity contribution >= 4 is 18.4 Å². The Morgan fingerprint density at radius 3 is 2.59 bits per heavy atom. The second-order valence-corrected chi connectivity index (χ2v) is 7.18. The first-order valence-corrected chi connectivity index (χ1v) is 9.80. The second-order valence-electron chi connectivity index (χ2n) is 6.78. The highest BCUT2D eigenvalue weighted by Gasteiger charge is 2.18. The minimum Gasteiger partial charge on any atom is -0.494 e. The molecule has 0 spiro atoms. The van der Waals surface area contributed by atoms with E-state index in [-0.39, 0.29) is 5.88 Å². The van der Waals surface area contributed by atoms with Crippen molar-refractivity contribution in [1.29, 1.82) is 5.26 Å². The van der Waals surface area contributed by atoms with E-state index >= 15 is 0 Å². The summed E-state index contributed by atoms with van der Waals surface area (Å²) in [7, 11) is 0. The molecule has 6 nitrogen and oxygen atoms in total. The quantitative estimate of drug-likeness (QED) is 0.490. The van der Waals surface area contributed by atoms with Gasteiger partial charge in [-0.3, -0.25) is 0 Å². The fourth-order valence-corrected chi connectivity index (χ4v) is 3.67. The van der Waals surface area contributed by atoms with Crippen LogP contribution in [0, 0.1) is 11.3 Å². The third-order valence-corrected chi connectivity index (χ3v) is 5.16. The van der Waals surface area contributed by atoms with E-state index in [1.165, 1.54) is 4.40 Å². The summed E-state index contributed by atoms with van der Waals surface area (Å²) in [5, 5.41) is 28.3. The maximum atomic E-state index is 10.8. The zero-order valence-electron chi connectivity index (χ0n) is 15.9. The van der Waals surface area contributed by atoms with Crippen LogP contribution in [-0.2, 0) is 12.8 Å². The van der Waals surface area contributed by atoms with Gasteiger partial charge in [-0.15, -0.1) is 22.8 Å². The third-order valence-electron chi connectivity index (χ3n) is 4.87. The molecule has 0 aliphatic rings. The van der Waals surface area contributed by atoms with E-state index in [1.807, 2.05) is 48.5 Å². The summed E-state index contributed by atoms with van der Waals surface area (Å²) in [5.74, 6) is 0.426. The fourth-order valence-electron chi connectivity index (χ4n) is 3.45. The molecule has 0 fully saturated rings. The van der Waals surface area contributed by atoms with Crippen molar-refractivity contribution in [2.75, 3.05) is 0 Å². The van der Waals surface area contributed by atoms with E-state index in [0.29, 0.717) is 22.9 Å². The summed E-state index contributed by atoms with van der Waals surface area (Å²) in [6, 6.07) is 17.8. The molecule has 0 bridgehead atoms. The summed E-state index contributed by atoms with van der Waals surface area (Å²) in [6.45, 7) is 2.07. The summed E-state index contributed by atoms with van der Waals surface area (Å²) >= 11 is 4.27. The average Bonchev–Trinajstić information content (AvgIpc) is 3.12. The van der Waals surface area contributed by atoms with E-state index in [9.17, 15) is 10.4 Å². The molecule has 2 aromatic carbocycles. The molecule has 1 N–H and O–H groups in total. The Hall–Kier alpha value is -3.37. The molecule has 29 heavy (non-hydrogen) atoms. The van der Waals surface area contributed by atoms with Gasteiger partial charge in [-0.05, 0) is 29.2 Å². The highest BCUT2D eigenvalue weighted by Crippen LogP contribution is 2.29. The van der Waals surface area contributed by atoms with Gasteiger partial charge in [-0.1, -0.05) is 55.8 Å². The van der Waals surface area contributed by atoms with Gasteiger partial charge in [0.15, 0.2) is 5.16 Å². The normalized spacial score (nSPS) is 10.9. The number of nitrogens with zero attached hydrogens (tertiary/aromatic N) is 5. The largest absolute Gasteiger partial charge is 0.494 e. The first kappa shape index (κ1) is 19.0. The van der Waals surface area contributed by atoms with Gasteiger partial charge in [-0.2, -0.15) is 5.26 Å². The maximum absolute atomic E-state index is 10.8. The zero-order chi connectivity index (χ0) is 20.4. The molecule has 4 aromatic rings. The summed E-state index contributed by atoms with van der Waals surface area (Å²) < 4.78 is 1.45. The van der Waals surface area contributed by atoms with Gasteiger partial charge in [0, 0.05) is 12.0 Å². The molecule has 0 amide bonds. The number of benzene rings is 2. The van der Waals surface area contributed by atoms with Crippen molar-refractivity contribution in [3.8, 4) is 23.1 Å². The van der Waals surface area contributed by atoms with Crippen LogP contribution in [0.3, 0.4) is 0 Å². The smallest absolute Gasteiger partial charge is 0.258 e. The number of hydrogen-bond acceptors (Lipinski definition) is 6. The summed E-state index contributed by atoms with van der Waals surface area (Å²) in [6.07, 6.45) is 2.17. The third kappa shape index (κ3) is 3.55. The predicted octanol–water partition coefficient (Wildman–Crippen LogP) is 4.20. The lowest BCUT2D eigenvalue weighted by molar-refractivity contribution is 0.430. The number of rotatable bonds is 5. The molecule has 0 aliphatic heterocycles. The number of fused-ring (bicyclic) bond motifs is 1. The topological polar surface area (TPSA) is 87.1 Å². The molecular formula is C22H19N5OS. The van der Waals surface area contributed by atoms with Crippen LogP contribution < -0.4 is 0 Å². The zero-order valence-corrected chi connectivity index (χ0v) is 16.8. The van der Waals surface area contributed by atoms with E-state index in [2.05, 4.69) is 40.8 Å².